The van der Waals surface area contributed by atoms with E-state index in [1.54, 1.807) is 12.1 Å². The SMILES string of the molecule is CC1CCCN(CCCNC(=O)C2CCN(Cc3nc(-c4ccc(F)cc4)no3)CC2)C1. The summed E-state index contributed by atoms with van der Waals surface area (Å²) in [6, 6.07) is 6.05. The van der Waals surface area contributed by atoms with Gasteiger partial charge in [-0.1, -0.05) is 12.1 Å². The van der Waals surface area contributed by atoms with E-state index in [0.29, 0.717) is 18.3 Å². The molecular weight excluding hydrogens is 409 g/mol. The molecule has 1 atom stereocenters. The number of likely N-dealkylation sites (tertiary alicyclic amines) is 2. The number of hydrogen-bond donors (Lipinski definition) is 1. The minimum atomic E-state index is -0.291. The minimum absolute atomic E-state index is 0.0821. The van der Waals surface area contributed by atoms with Crippen LogP contribution in [0.5, 0.6) is 0 Å². The van der Waals surface area contributed by atoms with Gasteiger partial charge in [-0.2, -0.15) is 4.98 Å². The highest BCUT2D eigenvalue weighted by Gasteiger charge is 2.26. The Morgan fingerprint density at radius 2 is 1.94 bits per heavy atom. The number of hydrogen-bond acceptors (Lipinski definition) is 6. The Bertz CT molecular complexity index is 864. The second-order valence-electron chi connectivity index (χ2n) is 9.26. The molecule has 1 unspecified atom stereocenters. The van der Waals surface area contributed by atoms with Crippen molar-refractivity contribution in [1.82, 2.24) is 25.3 Å². The Hall–Kier alpha value is -2.32. The molecule has 7 nitrogen and oxygen atoms in total. The van der Waals surface area contributed by atoms with Crippen molar-refractivity contribution in [1.29, 1.82) is 0 Å². The van der Waals surface area contributed by atoms with E-state index in [2.05, 4.69) is 32.2 Å². The van der Waals surface area contributed by atoms with Crippen molar-refractivity contribution in [2.24, 2.45) is 11.8 Å². The van der Waals surface area contributed by atoms with E-state index in [0.717, 1.165) is 56.9 Å². The first-order valence-electron chi connectivity index (χ1n) is 11.9. The third-order valence-electron chi connectivity index (χ3n) is 6.58. The molecule has 0 spiro atoms. The lowest BCUT2D eigenvalue weighted by Gasteiger charge is -2.31. The molecule has 174 valence electrons. The van der Waals surface area contributed by atoms with Crippen molar-refractivity contribution in [2.45, 2.75) is 45.6 Å². The number of aromatic nitrogens is 2. The van der Waals surface area contributed by atoms with Crippen molar-refractivity contribution < 1.29 is 13.7 Å². The molecule has 2 aliphatic heterocycles. The van der Waals surface area contributed by atoms with E-state index in [1.165, 1.54) is 38.1 Å². The lowest BCUT2D eigenvalue weighted by atomic mass is 9.96. The number of piperidine rings is 2. The largest absolute Gasteiger partial charge is 0.356 e. The first kappa shape index (κ1) is 22.9. The standard InChI is InChI=1S/C24H34FN5O2/c1-18-4-2-12-29(16-18)13-3-11-26-24(31)20-9-14-30(15-10-20)17-22-27-23(28-32-22)19-5-7-21(25)8-6-19/h5-8,18,20H,2-4,9-17H2,1H3,(H,26,31). The van der Waals surface area contributed by atoms with Crippen LogP contribution in [0.4, 0.5) is 4.39 Å². The summed E-state index contributed by atoms with van der Waals surface area (Å²) in [5.41, 5.74) is 0.728. The van der Waals surface area contributed by atoms with Crippen LogP contribution in [0.1, 0.15) is 44.9 Å². The molecule has 8 heteroatoms. The zero-order valence-corrected chi connectivity index (χ0v) is 18.9. The summed E-state index contributed by atoms with van der Waals surface area (Å²) in [5.74, 6) is 1.78. The summed E-state index contributed by atoms with van der Waals surface area (Å²) < 4.78 is 18.4. The lowest BCUT2D eigenvalue weighted by Crippen LogP contribution is -2.41. The molecule has 1 N–H and O–H groups in total. The number of nitrogens with one attached hydrogen (secondary N) is 1. The topological polar surface area (TPSA) is 74.5 Å². The van der Waals surface area contributed by atoms with E-state index < -0.39 is 0 Å². The van der Waals surface area contributed by atoms with Crippen molar-refractivity contribution in [3.63, 3.8) is 0 Å². The van der Waals surface area contributed by atoms with Gasteiger partial charge in [-0.3, -0.25) is 9.69 Å². The smallest absolute Gasteiger partial charge is 0.241 e. The van der Waals surface area contributed by atoms with E-state index in [1.807, 2.05) is 0 Å². The number of rotatable bonds is 8. The molecular formula is C24H34FN5O2. The Balaban J connectivity index is 1.14. The van der Waals surface area contributed by atoms with Crippen molar-refractivity contribution in [3.8, 4) is 11.4 Å². The Morgan fingerprint density at radius 3 is 2.69 bits per heavy atom. The maximum absolute atomic E-state index is 13.1. The third-order valence-corrected chi connectivity index (χ3v) is 6.58. The summed E-state index contributed by atoms with van der Waals surface area (Å²) in [6.45, 7) is 8.78. The summed E-state index contributed by atoms with van der Waals surface area (Å²) in [7, 11) is 0. The van der Waals surface area contributed by atoms with E-state index in [-0.39, 0.29) is 17.6 Å². The molecule has 0 aliphatic carbocycles. The average molecular weight is 444 g/mol. The highest BCUT2D eigenvalue weighted by molar-refractivity contribution is 5.78. The first-order valence-corrected chi connectivity index (χ1v) is 11.9. The highest BCUT2D eigenvalue weighted by Crippen LogP contribution is 2.21. The van der Waals surface area contributed by atoms with Gasteiger partial charge >= 0.3 is 0 Å². The zero-order valence-electron chi connectivity index (χ0n) is 18.9. The van der Waals surface area contributed by atoms with Gasteiger partial charge in [0.25, 0.3) is 0 Å². The Kier molecular flexibility index (Phi) is 7.86. The van der Waals surface area contributed by atoms with Gasteiger partial charge in [-0.25, -0.2) is 4.39 Å². The summed E-state index contributed by atoms with van der Waals surface area (Å²) in [5, 5.41) is 7.14. The number of benzene rings is 1. The molecule has 1 aromatic heterocycles. The van der Waals surface area contributed by atoms with Gasteiger partial charge in [-0.15, -0.1) is 0 Å². The molecule has 0 saturated carbocycles. The van der Waals surface area contributed by atoms with Gasteiger partial charge in [0.2, 0.25) is 17.6 Å². The van der Waals surface area contributed by atoms with E-state index in [9.17, 15) is 9.18 Å². The van der Waals surface area contributed by atoms with Crippen LogP contribution in [0, 0.1) is 17.7 Å². The minimum Gasteiger partial charge on any atom is -0.356 e. The second-order valence-corrected chi connectivity index (χ2v) is 9.26. The van der Waals surface area contributed by atoms with Gasteiger partial charge in [0.1, 0.15) is 5.82 Å². The molecule has 2 aliphatic rings. The van der Waals surface area contributed by atoms with Gasteiger partial charge < -0.3 is 14.7 Å². The molecule has 2 aromatic rings. The first-order chi connectivity index (χ1) is 15.6. The Morgan fingerprint density at radius 1 is 1.16 bits per heavy atom. The predicted molar refractivity (Wildman–Crippen MR) is 120 cm³/mol. The molecule has 2 fully saturated rings. The summed E-state index contributed by atoms with van der Waals surface area (Å²) in [6.07, 6.45) is 5.34. The van der Waals surface area contributed by atoms with E-state index >= 15 is 0 Å². The van der Waals surface area contributed by atoms with Crippen LogP contribution in [-0.4, -0.2) is 65.1 Å². The summed E-state index contributed by atoms with van der Waals surface area (Å²) in [4.78, 5) is 21.7. The van der Waals surface area contributed by atoms with E-state index in [4.69, 9.17) is 4.52 Å². The summed E-state index contributed by atoms with van der Waals surface area (Å²) >= 11 is 0. The van der Waals surface area contributed by atoms with Gasteiger partial charge in [-0.05, 0) is 88.5 Å². The molecule has 1 aromatic carbocycles. The van der Waals surface area contributed by atoms with Crippen molar-refractivity contribution in [2.75, 3.05) is 39.3 Å². The molecule has 0 radical (unpaired) electrons. The molecule has 2 saturated heterocycles. The van der Waals surface area contributed by atoms with Gasteiger partial charge in [0.15, 0.2) is 0 Å². The fourth-order valence-electron chi connectivity index (χ4n) is 4.73. The number of nitrogens with zero attached hydrogens (tertiary/aromatic N) is 4. The Labute approximate surface area is 189 Å². The number of halogens is 1. The van der Waals surface area contributed by atoms with Crippen LogP contribution in [-0.2, 0) is 11.3 Å². The van der Waals surface area contributed by atoms with Crippen LogP contribution >= 0.6 is 0 Å². The van der Waals surface area contributed by atoms with Gasteiger partial charge in [0.05, 0.1) is 6.54 Å². The number of carbonyl (C=O) groups is 1. The van der Waals surface area contributed by atoms with Crippen LogP contribution in [0.15, 0.2) is 28.8 Å². The van der Waals surface area contributed by atoms with Crippen molar-refractivity contribution in [3.05, 3.63) is 36.0 Å². The van der Waals surface area contributed by atoms with Crippen molar-refractivity contribution >= 4 is 5.91 Å². The fraction of sp³-hybridized carbons (Fsp3) is 0.625. The average Bonchev–Trinajstić information content (AvgIpc) is 3.26. The normalized spacial score (nSPS) is 21.0. The maximum atomic E-state index is 13.1. The number of carbonyl (C=O) groups excluding carboxylic acids is 1. The predicted octanol–water partition coefficient (Wildman–Crippen LogP) is 3.33. The zero-order chi connectivity index (χ0) is 22.3. The molecule has 1 amide bonds. The maximum Gasteiger partial charge on any atom is 0.241 e. The highest BCUT2D eigenvalue weighted by atomic mass is 19.1. The lowest BCUT2D eigenvalue weighted by molar-refractivity contribution is -0.126. The molecule has 32 heavy (non-hydrogen) atoms. The molecule has 0 bridgehead atoms. The second kappa shape index (κ2) is 11.0. The van der Waals surface area contributed by atoms with Crippen LogP contribution in [0.3, 0.4) is 0 Å². The third kappa shape index (κ3) is 6.36. The van der Waals surface area contributed by atoms with Crippen LogP contribution < -0.4 is 5.32 Å². The van der Waals surface area contributed by atoms with Crippen LogP contribution in [0.2, 0.25) is 0 Å². The monoisotopic (exact) mass is 443 g/mol. The van der Waals surface area contributed by atoms with Gasteiger partial charge in [0, 0.05) is 24.6 Å². The molecule has 4 rings (SSSR count). The van der Waals surface area contributed by atoms with Crippen LogP contribution in [0.25, 0.3) is 11.4 Å². The quantitative estimate of drug-likeness (QED) is 0.631. The molecule has 3 heterocycles. The fourth-order valence-corrected chi connectivity index (χ4v) is 4.73. The number of amides is 1.